The van der Waals surface area contributed by atoms with Gasteiger partial charge in [0.05, 0.1) is 5.70 Å². The van der Waals surface area contributed by atoms with Gasteiger partial charge < -0.3 is 10.6 Å². The molecule has 1 amide bonds. The number of guanidine groups is 1. The smallest absolute Gasteiger partial charge is 0.259 e. The number of carbonyl (C=O) groups excluding carboxylic acids is 1. The molecule has 0 spiro atoms. The van der Waals surface area contributed by atoms with E-state index in [2.05, 4.69) is 33.8 Å². The summed E-state index contributed by atoms with van der Waals surface area (Å²) in [5, 5.41) is 6.93. The van der Waals surface area contributed by atoms with Crippen LogP contribution in [0.1, 0.15) is 57.6 Å². The van der Waals surface area contributed by atoms with Crippen LogP contribution < -0.4 is 10.6 Å². The molecule has 1 aromatic rings. The highest BCUT2D eigenvalue weighted by molar-refractivity contribution is 6.36. The van der Waals surface area contributed by atoms with E-state index in [0.717, 1.165) is 36.3 Å². The van der Waals surface area contributed by atoms with Crippen LogP contribution in [0, 0.1) is 5.92 Å². The van der Waals surface area contributed by atoms with E-state index in [0.29, 0.717) is 53.4 Å². The molecule has 2 N–H and O–H groups in total. The second-order valence-electron chi connectivity index (χ2n) is 9.49. The van der Waals surface area contributed by atoms with Gasteiger partial charge in [-0.25, -0.2) is 0 Å². The number of hydrogen-bond donors (Lipinski definition) is 2. The van der Waals surface area contributed by atoms with Gasteiger partial charge in [-0.3, -0.25) is 19.7 Å². The third-order valence-corrected chi connectivity index (χ3v) is 6.94. The minimum Gasteiger partial charge on any atom is -0.332 e. The molecule has 202 valence electrons. The van der Waals surface area contributed by atoms with Gasteiger partial charge in [0, 0.05) is 47.4 Å². The fourth-order valence-electron chi connectivity index (χ4n) is 4.66. The maximum atomic E-state index is 13.5. The van der Waals surface area contributed by atoms with Crippen molar-refractivity contribution >= 4 is 46.8 Å². The molecular formula is C30H39ClN6O. The van der Waals surface area contributed by atoms with Crippen LogP contribution in [-0.4, -0.2) is 55.0 Å². The normalized spacial score (nSPS) is 18.1. The highest BCUT2D eigenvalue weighted by Gasteiger charge is 2.28. The number of amides is 1. The second-order valence-corrected chi connectivity index (χ2v) is 9.90. The Kier molecular flexibility index (Phi) is 11.2. The molecule has 0 radical (unpaired) electrons. The molecule has 2 aliphatic heterocycles. The third-order valence-electron chi connectivity index (χ3n) is 6.63. The number of rotatable bonds is 9. The number of hydrogen-bond acceptors (Lipinski definition) is 4. The number of piperidine rings is 1. The van der Waals surface area contributed by atoms with Crippen LogP contribution >= 0.6 is 11.6 Å². The summed E-state index contributed by atoms with van der Waals surface area (Å²) in [5.41, 5.74) is 4.03. The van der Waals surface area contributed by atoms with E-state index in [1.807, 2.05) is 45.0 Å². The maximum Gasteiger partial charge on any atom is 0.259 e. The summed E-state index contributed by atoms with van der Waals surface area (Å²) < 4.78 is 0. The number of aliphatic imine (C=N–C) groups is 3. The van der Waals surface area contributed by atoms with Crippen molar-refractivity contribution in [3.05, 3.63) is 71.4 Å². The highest BCUT2D eigenvalue weighted by Crippen LogP contribution is 2.32. The fourth-order valence-corrected chi connectivity index (χ4v) is 4.94. The Hall–Kier alpha value is -3.29. The molecule has 0 atom stereocenters. The molecule has 0 unspecified atom stereocenters. The number of carbonyl (C=O) groups is 1. The van der Waals surface area contributed by atoms with Crippen molar-refractivity contribution in [3.63, 3.8) is 0 Å². The molecule has 0 aromatic heterocycles. The quantitative estimate of drug-likeness (QED) is 0.307. The zero-order chi connectivity index (χ0) is 27.5. The number of amidine groups is 1. The van der Waals surface area contributed by atoms with Crippen LogP contribution in [0.5, 0.6) is 0 Å². The van der Waals surface area contributed by atoms with Crippen molar-refractivity contribution in [2.24, 2.45) is 20.9 Å². The first kappa shape index (κ1) is 29.3. The van der Waals surface area contributed by atoms with Gasteiger partial charge in [-0.05, 0) is 71.3 Å². The molecule has 7 nitrogen and oxygen atoms in total. The van der Waals surface area contributed by atoms with Crippen molar-refractivity contribution in [1.82, 2.24) is 15.5 Å². The average molecular weight is 535 g/mol. The summed E-state index contributed by atoms with van der Waals surface area (Å²) in [5.74, 6) is 1.68. The highest BCUT2D eigenvalue weighted by atomic mass is 35.5. The van der Waals surface area contributed by atoms with Crippen molar-refractivity contribution in [2.45, 2.75) is 46.5 Å². The first-order chi connectivity index (χ1) is 18.4. The largest absolute Gasteiger partial charge is 0.332 e. The van der Waals surface area contributed by atoms with E-state index in [9.17, 15) is 4.79 Å². The summed E-state index contributed by atoms with van der Waals surface area (Å²) in [6.07, 6.45) is 10.6. The first-order valence-corrected chi connectivity index (χ1v) is 13.6. The van der Waals surface area contributed by atoms with Gasteiger partial charge in [0.2, 0.25) is 5.96 Å². The predicted octanol–water partition coefficient (Wildman–Crippen LogP) is 5.86. The van der Waals surface area contributed by atoms with Crippen LogP contribution in [0.2, 0.25) is 5.02 Å². The summed E-state index contributed by atoms with van der Waals surface area (Å²) in [4.78, 5) is 29.1. The molecule has 2 heterocycles. The minimum atomic E-state index is -0.132. The minimum absolute atomic E-state index is 0.132. The predicted molar refractivity (Wildman–Crippen MR) is 162 cm³/mol. The third kappa shape index (κ3) is 7.62. The summed E-state index contributed by atoms with van der Waals surface area (Å²) in [7, 11) is 0. The Balaban J connectivity index is 1.84. The molecule has 0 saturated carbocycles. The van der Waals surface area contributed by atoms with E-state index >= 15 is 0 Å². The Morgan fingerprint density at radius 2 is 2.03 bits per heavy atom. The van der Waals surface area contributed by atoms with Crippen LogP contribution in [0.25, 0.3) is 11.3 Å². The monoisotopic (exact) mass is 534 g/mol. The number of benzene rings is 1. The van der Waals surface area contributed by atoms with Gasteiger partial charge in [0.1, 0.15) is 5.84 Å². The number of likely N-dealkylation sites (N-methyl/N-ethyl adjacent to an activating group) is 1. The van der Waals surface area contributed by atoms with Gasteiger partial charge >= 0.3 is 0 Å². The first-order valence-electron chi connectivity index (χ1n) is 13.2. The number of halogens is 1. The van der Waals surface area contributed by atoms with Crippen LogP contribution in [0.3, 0.4) is 0 Å². The van der Waals surface area contributed by atoms with Gasteiger partial charge in [0.25, 0.3) is 5.91 Å². The Labute approximate surface area is 231 Å². The molecule has 1 fully saturated rings. The summed E-state index contributed by atoms with van der Waals surface area (Å²) >= 11 is 6.70. The molecule has 8 heteroatoms. The number of allylic oxidation sites excluding steroid dienone is 2. The Morgan fingerprint density at radius 3 is 2.66 bits per heavy atom. The lowest BCUT2D eigenvalue weighted by atomic mass is 9.95. The number of nitrogens with one attached hydrogen (secondary N) is 2. The number of nitrogens with zero attached hydrogens (tertiary/aromatic N) is 4. The summed E-state index contributed by atoms with van der Waals surface area (Å²) in [6.45, 7) is 16.7. The van der Waals surface area contributed by atoms with E-state index in [1.165, 1.54) is 12.8 Å². The van der Waals surface area contributed by atoms with Crippen LogP contribution in [0.15, 0.2) is 70.3 Å². The molecule has 3 rings (SSSR count). The molecule has 1 saturated heterocycles. The molecule has 1 aromatic carbocycles. The van der Waals surface area contributed by atoms with Gasteiger partial charge in [-0.15, -0.1) is 0 Å². The van der Waals surface area contributed by atoms with Crippen molar-refractivity contribution in [1.29, 1.82) is 0 Å². The SMILES string of the molecule is C=CC=NC(=C(C)C)c1ccc(C2=CC/C(=N\C(=NCCC3CCNCC3)NC=C)N(CC)C2=O)c(Cl)c1. The van der Waals surface area contributed by atoms with Gasteiger partial charge in [0.15, 0.2) is 0 Å². The van der Waals surface area contributed by atoms with Crippen molar-refractivity contribution in [3.8, 4) is 0 Å². The van der Waals surface area contributed by atoms with Crippen molar-refractivity contribution < 1.29 is 4.79 Å². The Morgan fingerprint density at radius 1 is 1.26 bits per heavy atom. The van der Waals surface area contributed by atoms with E-state index in [1.54, 1.807) is 23.4 Å². The maximum absolute atomic E-state index is 13.5. The summed E-state index contributed by atoms with van der Waals surface area (Å²) in [6, 6.07) is 5.69. The lowest BCUT2D eigenvalue weighted by Crippen LogP contribution is -2.40. The zero-order valence-electron chi connectivity index (χ0n) is 22.8. The average Bonchev–Trinajstić information content (AvgIpc) is 2.90. The van der Waals surface area contributed by atoms with E-state index in [4.69, 9.17) is 16.6 Å². The van der Waals surface area contributed by atoms with Crippen molar-refractivity contribution in [2.75, 3.05) is 26.2 Å². The molecule has 0 bridgehead atoms. The standard InChI is InChI=1S/C30H39ClN6O/c1-6-16-34-28(21(4)5)23-9-10-24(26(31)20-23)25-11-12-27(37(8-3)29(25)38)36-30(33-7-2)35-19-15-22-13-17-32-18-14-22/h6-7,9-11,16,20,22,32H,1-2,8,12-15,17-19H2,3-5H3,(H,33,35)/b34-16?,36-27+. The van der Waals surface area contributed by atoms with Gasteiger partial charge in [-0.1, -0.05) is 54.6 Å². The Bertz CT molecular complexity index is 1180. The van der Waals surface area contributed by atoms with E-state index < -0.39 is 0 Å². The lowest BCUT2D eigenvalue weighted by Gasteiger charge is -2.28. The molecule has 2 aliphatic rings. The molecule has 38 heavy (non-hydrogen) atoms. The fraction of sp³-hybridized carbons (Fsp3) is 0.400. The van der Waals surface area contributed by atoms with Crippen LogP contribution in [0.4, 0.5) is 0 Å². The molecular weight excluding hydrogens is 496 g/mol. The second kappa shape index (κ2) is 14.6. The van der Waals surface area contributed by atoms with E-state index in [-0.39, 0.29) is 5.91 Å². The van der Waals surface area contributed by atoms with Crippen LogP contribution in [-0.2, 0) is 4.79 Å². The topological polar surface area (TPSA) is 81.4 Å². The molecule has 0 aliphatic carbocycles. The van der Waals surface area contributed by atoms with Gasteiger partial charge in [-0.2, -0.15) is 4.99 Å². The zero-order valence-corrected chi connectivity index (χ0v) is 23.5. The lowest BCUT2D eigenvalue weighted by molar-refractivity contribution is -0.121.